The van der Waals surface area contributed by atoms with Crippen molar-refractivity contribution in [2.75, 3.05) is 0 Å². The van der Waals surface area contributed by atoms with Gasteiger partial charge in [0.05, 0.1) is 5.29 Å². The molecule has 0 saturated carbocycles. The smallest absolute Gasteiger partial charge is 0.284 e. The summed E-state index contributed by atoms with van der Waals surface area (Å²) >= 11 is 0. The molecule has 0 atom stereocenters. The third-order valence-corrected chi connectivity index (χ3v) is 9.01. The Bertz CT molecular complexity index is 1040. The van der Waals surface area contributed by atoms with Crippen LogP contribution >= 0.6 is 6.89 Å². The molecule has 0 amide bonds. The van der Waals surface area contributed by atoms with E-state index >= 15 is 0 Å². The van der Waals surface area contributed by atoms with Crippen LogP contribution in [0, 0.1) is 0 Å². The number of carbonyl (C=O) groups excluding carboxylic acids is 2. The summed E-state index contributed by atoms with van der Waals surface area (Å²) < 4.78 is 81.9. The molecule has 32 heavy (non-hydrogen) atoms. The number of Topliss-reactive ketones (excluding diaryl/α,β-unsaturated/α-hetero) is 2. The van der Waals surface area contributed by atoms with Gasteiger partial charge in [0, 0.05) is 0 Å². The van der Waals surface area contributed by atoms with Crippen molar-refractivity contribution < 1.29 is 35.9 Å². The van der Waals surface area contributed by atoms with Crippen molar-refractivity contribution in [1.82, 2.24) is 0 Å². The predicted octanol–water partition coefficient (Wildman–Crippen LogP) is 4.42. The SMILES string of the molecule is O=C(C(C(=O)C(F)(F)F)=P(c1ccccc1)(c1ccccc1)c1ccccc1)C(F)(F)F. The van der Waals surface area contributed by atoms with E-state index in [1.807, 2.05) is 0 Å². The van der Waals surface area contributed by atoms with E-state index in [9.17, 15) is 35.9 Å². The van der Waals surface area contributed by atoms with Crippen LogP contribution in [0.15, 0.2) is 91.0 Å². The summed E-state index contributed by atoms with van der Waals surface area (Å²) in [4.78, 5) is 25.1. The van der Waals surface area contributed by atoms with Gasteiger partial charge in [0.15, 0.2) is 0 Å². The minimum Gasteiger partial charge on any atom is -0.284 e. The summed E-state index contributed by atoms with van der Waals surface area (Å²) in [5, 5.41) is -1.77. The largest absolute Gasteiger partial charge is 0.455 e. The van der Waals surface area contributed by atoms with E-state index in [-0.39, 0.29) is 15.9 Å². The van der Waals surface area contributed by atoms with Crippen molar-refractivity contribution in [3.8, 4) is 0 Å². The number of hydrogen-bond donors (Lipinski definition) is 0. The lowest BCUT2D eigenvalue weighted by Gasteiger charge is -2.32. The van der Waals surface area contributed by atoms with Crippen LogP contribution in [0.3, 0.4) is 0 Å². The summed E-state index contributed by atoms with van der Waals surface area (Å²) in [7, 11) is 0. The highest BCUT2D eigenvalue weighted by Crippen LogP contribution is 2.48. The van der Waals surface area contributed by atoms with Gasteiger partial charge in [-0.05, 0) is 22.8 Å². The molecule has 0 unspecified atom stereocenters. The molecule has 0 saturated heterocycles. The summed E-state index contributed by atoms with van der Waals surface area (Å²) in [6.07, 6.45) is -11.4. The van der Waals surface area contributed by atoms with E-state index in [0.29, 0.717) is 0 Å². The minimum atomic E-state index is -5.69. The highest BCUT2D eigenvalue weighted by molar-refractivity contribution is 7.97. The Morgan fingerprint density at radius 3 is 0.969 bits per heavy atom. The zero-order valence-corrected chi connectivity index (χ0v) is 17.1. The Labute approximate surface area is 179 Å². The Morgan fingerprint density at radius 2 is 0.750 bits per heavy atom. The van der Waals surface area contributed by atoms with Gasteiger partial charge in [-0.15, -0.1) is 0 Å². The Kier molecular flexibility index (Phi) is 6.46. The fourth-order valence-corrected chi connectivity index (χ4v) is 7.86. The average Bonchev–Trinajstić information content (AvgIpc) is 2.77. The standard InChI is InChI=1S/C23H15F6O2P/c24-22(25,26)20(30)19(21(31)23(27,28)29)32(16-10-4-1-5-11-16,17-12-6-2-7-13-17)18-14-8-3-9-15-18/h1-15H. The van der Waals surface area contributed by atoms with Gasteiger partial charge in [-0.25, -0.2) is 0 Å². The first-order valence-electron chi connectivity index (χ1n) is 9.17. The molecule has 3 rings (SSSR count). The maximum Gasteiger partial charge on any atom is 0.455 e. The molecule has 0 aliphatic carbocycles. The average molecular weight is 468 g/mol. The van der Waals surface area contributed by atoms with Crippen LogP contribution in [0.2, 0.25) is 0 Å². The summed E-state index contributed by atoms with van der Waals surface area (Å²) in [5.74, 6) is -5.60. The van der Waals surface area contributed by atoms with Crippen molar-refractivity contribution in [3.05, 3.63) is 91.0 Å². The zero-order valence-electron chi connectivity index (χ0n) is 16.2. The fourth-order valence-electron chi connectivity index (χ4n) is 3.47. The summed E-state index contributed by atoms with van der Waals surface area (Å²) in [5.41, 5.74) is 0. The van der Waals surface area contributed by atoms with Gasteiger partial charge in [-0.2, -0.15) is 26.3 Å². The molecule has 0 aliphatic heterocycles. The van der Waals surface area contributed by atoms with Crippen molar-refractivity contribution >= 4 is 39.7 Å². The molecule has 0 fully saturated rings. The van der Waals surface area contributed by atoms with Gasteiger partial charge in [-0.1, -0.05) is 91.0 Å². The topological polar surface area (TPSA) is 34.1 Å². The Morgan fingerprint density at radius 1 is 0.500 bits per heavy atom. The number of alkyl halides is 6. The van der Waals surface area contributed by atoms with Crippen molar-refractivity contribution in [3.63, 3.8) is 0 Å². The molecule has 166 valence electrons. The number of carbonyl (C=O) groups is 2. The van der Waals surface area contributed by atoms with Crippen LogP contribution in [0.25, 0.3) is 0 Å². The van der Waals surface area contributed by atoms with Crippen LogP contribution in [0.5, 0.6) is 0 Å². The monoisotopic (exact) mass is 468 g/mol. The van der Waals surface area contributed by atoms with Crippen LogP contribution in [0.4, 0.5) is 26.3 Å². The first-order chi connectivity index (χ1) is 15.0. The molecule has 0 spiro atoms. The number of ketones is 2. The van der Waals surface area contributed by atoms with E-state index < -0.39 is 36.1 Å². The molecular weight excluding hydrogens is 453 g/mol. The molecule has 9 heteroatoms. The lowest BCUT2D eigenvalue weighted by atomic mass is 10.2. The molecule has 0 aromatic heterocycles. The molecule has 0 bridgehead atoms. The van der Waals surface area contributed by atoms with Crippen molar-refractivity contribution in [1.29, 1.82) is 0 Å². The molecule has 3 aromatic rings. The molecule has 0 radical (unpaired) electrons. The Balaban J connectivity index is 2.72. The van der Waals surface area contributed by atoms with E-state index in [0.717, 1.165) is 0 Å². The minimum absolute atomic E-state index is 0.0163. The van der Waals surface area contributed by atoms with Gasteiger partial charge < -0.3 is 0 Å². The quantitative estimate of drug-likeness (QED) is 0.316. The normalized spacial score (nSPS) is 12.3. The maximum atomic E-state index is 13.7. The van der Waals surface area contributed by atoms with Crippen LogP contribution in [-0.4, -0.2) is 29.2 Å². The van der Waals surface area contributed by atoms with Gasteiger partial charge in [0.25, 0.3) is 11.6 Å². The lowest BCUT2D eigenvalue weighted by Crippen LogP contribution is -2.47. The van der Waals surface area contributed by atoms with E-state index in [2.05, 4.69) is 0 Å². The van der Waals surface area contributed by atoms with Crippen LogP contribution in [0.1, 0.15) is 0 Å². The highest BCUT2D eigenvalue weighted by atomic mass is 31.2. The molecule has 3 aromatic carbocycles. The second-order valence-electron chi connectivity index (χ2n) is 6.68. The van der Waals surface area contributed by atoms with E-state index in [1.165, 1.54) is 91.0 Å². The molecule has 0 N–H and O–H groups in total. The van der Waals surface area contributed by atoms with Crippen molar-refractivity contribution in [2.45, 2.75) is 12.4 Å². The number of rotatable bonds is 5. The molecular formula is C23H15F6O2P. The highest BCUT2D eigenvalue weighted by Gasteiger charge is 2.54. The third-order valence-electron chi connectivity index (χ3n) is 4.71. The van der Waals surface area contributed by atoms with E-state index in [4.69, 9.17) is 0 Å². The lowest BCUT2D eigenvalue weighted by molar-refractivity contribution is -0.169. The van der Waals surface area contributed by atoms with Gasteiger partial charge in [0.2, 0.25) is 0 Å². The molecule has 0 heterocycles. The number of halogens is 6. The summed E-state index contributed by atoms with van der Waals surface area (Å²) in [6.45, 7) is -4.19. The first-order valence-corrected chi connectivity index (χ1v) is 11.0. The second kappa shape index (κ2) is 8.79. The zero-order chi connectivity index (χ0) is 23.6. The molecule has 0 aliphatic rings. The van der Waals surface area contributed by atoms with E-state index in [1.54, 1.807) is 0 Å². The third kappa shape index (κ3) is 4.28. The van der Waals surface area contributed by atoms with Crippen molar-refractivity contribution in [2.24, 2.45) is 0 Å². The Hall–Kier alpha value is -3.12. The van der Waals surface area contributed by atoms with Crippen LogP contribution in [-0.2, 0) is 9.59 Å². The second-order valence-corrected chi connectivity index (χ2v) is 10.0. The van der Waals surface area contributed by atoms with Gasteiger partial charge in [0.1, 0.15) is 0 Å². The predicted molar refractivity (Wildman–Crippen MR) is 112 cm³/mol. The maximum absolute atomic E-state index is 13.7. The summed E-state index contributed by atoms with van der Waals surface area (Å²) in [6, 6.07) is 21.2. The number of benzene rings is 3. The van der Waals surface area contributed by atoms with Crippen LogP contribution < -0.4 is 15.9 Å². The first kappa shape index (κ1) is 23.5. The van der Waals surface area contributed by atoms with Gasteiger partial charge in [-0.3, -0.25) is 9.59 Å². The van der Waals surface area contributed by atoms with Gasteiger partial charge >= 0.3 is 12.4 Å². The molecule has 2 nitrogen and oxygen atoms in total. The fraction of sp³-hybridized carbons (Fsp3) is 0.0870. The number of hydrogen-bond acceptors (Lipinski definition) is 2.